The van der Waals surface area contributed by atoms with Crippen LogP contribution in [0.25, 0.3) is 0 Å². The first kappa shape index (κ1) is 12.5. The van der Waals surface area contributed by atoms with Gasteiger partial charge in [-0.1, -0.05) is 23.2 Å². The van der Waals surface area contributed by atoms with Crippen LogP contribution >= 0.6 is 23.2 Å². The fraction of sp³-hybridized carbons (Fsp3) is 0.636. The van der Waals surface area contributed by atoms with Crippen LogP contribution in [0.5, 0.6) is 0 Å². The van der Waals surface area contributed by atoms with Gasteiger partial charge in [0.1, 0.15) is 4.49 Å². The first-order valence-corrected chi connectivity index (χ1v) is 6.26. The fourth-order valence-corrected chi connectivity index (χ4v) is 2.74. The van der Waals surface area contributed by atoms with E-state index in [1.54, 1.807) is 4.90 Å². The second kappa shape index (κ2) is 4.75. The lowest BCUT2D eigenvalue weighted by atomic mass is 9.85. The van der Waals surface area contributed by atoms with Crippen molar-refractivity contribution in [3.05, 3.63) is 10.3 Å². The number of nitriles is 1. The van der Waals surface area contributed by atoms with Gasteiger partial charge in [0.25, 0.3) is 5.91 Å². The summed E-state index contributed by atoms with van der Waals surface area (Å²) in [7, 11) is 0. The van der Waals surface area contributed by atoms with Crippen molar-refractivity contribution in [1.82, 2.24) is 4.90 Å². The highest BCUT2D eigenvalue weighted by atomic mass is 35.5. The van der Waals surface area contributed by atoms with Crippen LogP contribution in [0.2, 0.25) is 0 Å². The minimum atomic E-state index is -1.32. The summed E-state index contributed by atoms with van der Waals surface area (Å²) in [6, 6.07) is 2.04. The van der Waals surface area contributed by atoms with Crippen molar-refractivity contribution in [2.24, 2.45) is 5.41 Å². The highest BCUT2D eigenvalue weighted by molar-refractivity contribution is 6.56. The Morgan fingerprint density at radius 3 is 2.59 bits per heavy atom. The van der Waals surface area contributed by atoms with Crippen LogP contribution in [0.15, 0.2) is 10.3 Å². The molecule has 0 N–H and O–H groups in total. The average molecular weight is 275 g/mol. The van der Waals surface area contributed by atoms with Gasteiger partial charge in [0.15, 0.2) is 11.2 Å². The SMILES string of the molecule is N#CC1(C(=O)N2CCCC2)CCOC1=C(Cl)Cl. The number of carbonyl (C=O) groups is 1. The molecule has 4 nitrogen and oxygen atoms in total. The Hall–Kier alpha value is -0.920. The quantitative estimate of drug-likeness (QED) is 0.737. The van der Waals surface area contributed by atoms with E-state index in [0.717, 1.165) is 12.8 Å². The van der Waals surface area contributed by atoms with E-state index in [4.69, 9.17) is 27.9 Å². The molecule has 0 bridgehead atoms. The average Bonchev–Trinajstić information content (AvgIpc) is 2.97. The Morgan fingerprint density at radius 1 is 1.41 bits per heavy atom. The van der Waals surface area contributed by atoms with E-state index in [1.807, 2.05) is 6.07 Å². The summed E-state index contributed by atoms with van der Waals surface area (Å²) in [5.41, 5.74) is -1.32. The van der Waals surface area contributed by atoms with Gasteiger partial charge in [0.05, 0.1) is 12.7 Å². The van der Waals surface area contributed by atoms with Crippen LogP contribution in [0.1, 0.15) is 19.3 Å². The number of likely N-dealkylation sites (tertiary alicyclic amines) is 1. The molecule has 2 aliphatic rings. The topological polar surface area (TPSA) is 53.3 Å². The molecule has 2 heterocycles. The summed E-state index contributed by atoms with van der Waals surface area (Å²) >= 11 is 11.4. The van der Waals surface area contributed by atoms with E-state index in [2.05, 4.69) is 0 Å². The van der Waals surface area contributed by atoms with Gasteiger partial charge in [-0.15, -0.1) is 0 Å². The Kier molecular flexibility index (Phi) is 3.50. The second-order valence-corrected chi connectivity index (χ2v) is 5.15. The predicted octanol–water partition coefficient (Wildman–Crippen LogP) is 2.19. The van der Waals surface area contributed by atoms with Gasteiger partial charge in [0, 0.05) is 19.5 Å². The van der Waals surface area contributed by atoms with E-state index in [-0.39, 0.29) is 16.2 Å². The highest BCUT2D eigenvalue weighted by Crippen LogP contribution is 2.43. The van der Waals surface area contributed by atoms with E-state index in [9.17, 15) is 10.1 Å². The van der Waals surface area contributed by atoms with Gasteiger partial charge in [-0.25, -0.2) is 0 Å². The third-order valence-electron chi connectivity index (χ3n) is 3.23. The lowest BCUT2D eigenvalue weighted by Gasteiger charge is -2.25. The molecule has 0 saturated carbocycles. The molecule has 1 amide bonds. The number of halogens is 2. The molecular weight excluding hydrogens is 263 g/mol. The van der Waals surface area contributed by atoms with Gasteiger partial charge in [0.2, 0.25) is 0 Å². The summed E-state index contributed by atoms with van der Waals surface area (Å²) in [6.45, 7) is 1.68. The number of carbonyl (C=O) groups excluding carboxylic acids is 1. The molecule has 2 aliphatic heterocycles. The standard InChI is InChI=1S/C11H12Cl2N2O2/c12-9(13)8-11(7-14,3-6-17-8)10(16)15-4-1-2-5-15/h1-6H2. The normalized spacial score (nSPS) is 27.8. The zero-order valence-electron chi connectivity index (χ0n) is 9.21. The van der Waals surface area contributed by atoms with Crippen LogP contribution in [0.4, 0.5) is 0 Å². The zero-order valence-corrected chi connectivity index (χ0v) is 10.7. The molecule has 6 heteroatoms. The van der Waals surface area contributed by atoms with E-state index < -0.39 is 5.41 Å². The number of hydrogen-bond acceptors (Lipinski definition) is 3. The van der Waals surface area contributed by atoms with Crippen molar-refractivity contribution in [1.29, 1.82) is 5.26 Å². The zero-order chi connectivity index (χ0) is 12.5. The number of amides is 1. The molecule has 2 rings (SSSR count). The summed E-state index contributed by atoms with van der Waals surface area (Å²) in [6.07, 6.45) is 2.26. The number of ether oxygens (including phenoxy) is 1. The first-order valence-electron chi connectivity index (χ1n) is 5.51. The molecule has 0 aromatic heterocycles. The smallest absolute Gasteiger partial charge is 0.251 e. The van der Waals surface area contributed by atoms with E-state index in [1.165, 1.54) is 0 Å². The molecular formula is C11H12Cl2N2O2. The van der Waals surface area contributed by atoms with Crippen molar-refractivity contribution in [3.63, 3.8) is 0 Å². The summed E-state index contributed by atoms with van der Waals surface area (Å²) < 4.78 is 5.12. The molecule has 92 valence electrons. The molecule has 0 aromatic carbocycles. The fourth-order valence-electron chi connectivity index (χ4n) is 2.31. The molecule has 1 atom stereocenters. The molecule has 0 spiro atoms. The monoisotopic (exact) mass is 274 g/mol. The van der Waals surface area contributed by atoms with Crippen LogP contribution in [0, 0.1) is 16.7 Å². The van der Waals surface area contributed by atoms with Crippen molar-refractivity contribution in [2.45, 2.75) is 19.3 Å². The summed E-state index contributed by atoms with van der Waals surface area (Å²) in [5, 5.41) is 9.34. The minimum Gasteiger partial charge on any atom is -0.493 e. The maximum atomic E-state index is 12.4. The van der Waals surface area contributed by atoms with Crippen molar-refractivity contribution in [2.75, 3.05) is 19.7 Å². The van der Waals surface area contributed by atoms with Gasteiger partial charge in [-0.3, -0.25) is 4.79 Å². The molecule has 2 fully saturated rings. The third kappa shape index (κ3) is 1.98. The van der Waals surface area contributed by atoms with Gasteiger partial charge >= 0.3 is 0 Å². The highest BCUT2D eigenvalue weighted by Gasteiger charge is 2.51. The van der Waals surface area contributed by atoms with Crippen LogP contribution in [0.3, 0.4) is 0 Å². The number of hydrogen-bond donors (Lipinski definition) is 0. The van der Waals surface area contributed by atoms with Crippen LogP contribution < -0.4 is 0 Å². The maximum absolute atomic E-state index is 12.4. The van der Waals surface area contributed by atoms with Gasteiger partial charge in [-0.05, 0) is 12.8 Å². The van der Waals surface area contributed by atoms with E-state index >= 15 is 0 Å². The molecule has 1 unspecified atom stereocenters. The third-order valence-corrected chi connectivity index (χ3v) is 3.58. The van der Waals surface area contributed by atoms with Crippen LogP contribution in [-0.4, -0.2) is 30.5 Å². The van der Waals surface area contributed by atoms with Crippen molar-refractivity contribution < 1.29 is 9.53 Å². The molecule has 2 saturated heterocycles. The largest absolute Gasteiger partial charge is 0.493 e. The molecule has 0 aromatic rings. The molecule has 17 heavy (non-hydrogen) atoms. The summed E-state index contributed by atoms with van der Waals surface area (Å²) in [4.78, 5) is 14.1. The van der Waals surface area contributed by atoms with Gasteiger partial charge in [-0.2, -0.15) is 5.26 Å². The predicted molar refractivity (Wildman–Crippen MR) is 63.2 cm³/mol. The first-order chi connectivity index (χ1) is 8.12. The van der Waals surface area contributed by atoms with Crippen molar-refractivity contribution >= 4 is 29.1 Å². The molecule has 0 radical (unpaired) electrons. The van der Waals surface area contributed by atoms with Crippen molar-refractivity contribution in [3.8, 4) is 6.07 Å². The van der Waals surface area contributed by atoms with Gasteiger partial charge < -0.3 is 9.64 Å². The Labute approximate surface area is 110 Å². The van der Waals surface area contributed by atoms with Crippen LogP contribution in [-0.2, 0) is 9.53 Å². The Bertz CT molecular complexity index is 406. The Morgan fingerprint density at radius 2 is 2.06 bits per heavy atom. The number of nitrogens with zero attached hydrogens (tertiary/aromatic N) is 2. The lowest BCUT2D eigenvalue weighted by Crippen LogP contribution is -2.41. The summed E-state index contributed by atoms with van der Waals surface area (Å²) in [5.74, 6) is -0.121. The lowest BCUT2D eigenvalue weighted by molar-refractivity contribution is -0.136. The maximum Gasteiger partial charge on any atom is 0.251 e. The van der Waals surface area contributed by atoms with E-state index in [0.29, 0.717) is 26.1 Å². The molecule has 0 aliphatic carbocycles. The number of rotatable bonds is 1. The minimum absolute atomic E-state index is 0.111. The second-order valence-electron chi connectivity index (χ2n) is 4.20. The Balaban J connectivity index is 2.34.